The summed E-state index contributed by atoms with van der Waals surface area (Å²) in [6.07, 6.45) is 1.65. The van der Waals surface area contributed by atoms with Crippen LogP contribution in [0, 0.1) is 6.92 Å². The van der Waals surface area contributed by atoms with E-state index in [0.717, 1.165) is 27.0 Å². The lowest BCUT2D eigenvalue weighted by Gasteiger charge is -2.05. The summed E-state index contributed by atoms with van der Waals surface area (Å²) >= 11 is 3.43. The fraction of sp³-hybridized carbons (Fsp3) is 0.0909. The van der Waals surface area contributed by atoms with Crippen molar-refractivity contribution in [2.75, 3.05) is 5.73 Å². The largest absolute Gasteiger partial charge is 0.463 e. The summed E-state index contributed by atoms with van der Waals surface area (Å²) in [5.41, 5.74) is 8.68. The molecule has 2 rings (SSSR count). The van der Waals surface area contributed by atoms with Gasteiger partial charge in [-0.1, -0.05) is 12.1 Å². The molecule has 0 unspecified atom stereocenters. The molecule has 72 valence electrons. The molecule has 0 aliphatic heterocycles. The van der Waals surface area contributed by atoms with E-state index in [2.05, 4.69) is 15.9 Å². The Labute approximate surface area is 90.9 Å². The number of furan rings is 1. The fourth-order valence-corrected chi connectivity index (χ4v) is 1.80. The van der Waals surface area contributed by atoms with Crippen LogP contribution in [0.5, 0.6) is 0 Å². The Morgan fingerprint density at radius 1 is 1.29 bits per heavy atom. The predicted molar refractivity (Wildman–Crippen MR) is 61.0 cm³/mol. The molecule has 0 aliphatic rings. The Bertz CT molecular complexity index is 462. The highest BCUT2D eigenvalue weighted by Crippen LogP contribution is 2.33. The molecule has 2 N–H and O–H groups in total. The van der Waals surface area contributed by atoms with Gasteiger partial charge in [0.25, 0.3) is 0 Å². The maximum atomic E-state index is 5.82. The predicted octanol–water partition coefficient (Wildman–Crippen LogP) is 3.60. The molecule has 2 aromatic rings. The van der Waals surface area contributed by atoms with E-state index in [0.29, 0.717) is 0 Å². The number of nitrogens with two attached hydrogens (primary N) is 1. The molecule has 0 atom stereocenters. The fourth-order valence-electron chi connectivity index (χ4n) is 1.39. The molecule has 1 heterocycles. The van der Waals surface area contributed by atoms with E-state index in [-0.39, 0.29) is 0 Å². The van der Waals surface area contributed by atoms with Crippen molar-refractivity contribution in [3.8, 4) is 11.3 Å². The van der Waals surface area contributed by atoms with E-state index in [1.165, 1.54) is 0 Å². The van der Waals surface area contributed by atoms with Crippen molar-refractivity contribution in [2.45, 2.75) is 6.92 Å². The van der Waals surface area contributed by atoms with Gasteiger partial charge in [-0.05, 0) is 40.5 Å². The summed E-state index contributed by atoms with van der Waals surface area (Å²) < 4.78 is 6.33. The smallest absolute Gasteiger partial charge is 0.148 e. The molecule has 0 radical (unpaired) electrons. The first kappa shape index (κ1) is 9.34. The third kappa shape index (κ3) is 1.44. The molecule has 0 aliphatic carbocycles. The van der Waals surface area contributed by atoms with Gasteiger partial charge in [0.15, 0.2) is 0 Å². The van der Waals surface area contributed by atoms with Gasteiger partial charge in [0.2, 0.25) is 0 Å². The van der Waals surface area contributed by atoms with Crippen molar-refractivity contribution >= 4 is 21.6 Å². The van der Waals surface area contributed by atoms with E-state index in [1.54, 1.807) is 6.26 Å². The third-order valence-electron chi connectivity index (χ3n) is 2.24. The van der Waals surface area contributed by atoms with Crippen molar-refractivity contribution in [1.29, 1.82) is 0 Å². The van der Waals surface area contributed by atoms with Crippen LogP contribution in [0.1, 0.15) is 5.56 Å². The highest BCUT2D eigenvalue weighted by molar-refractivity contribution is 9.10. The SMILES string of the molecule is Cc1c(N)cccc1-c1occc1Br. The molecule has 0 fully saturated rings. The van der Waals surface area contributed by atoms with Crippen LogP contribution in [0.3, 0.4) is 0 Å². The van der Waals surface area contributed by atoms with Gasteiger partial charge < -0.3 is 10.2 Å². The minimum atomic E-state index is 0.783. The van der Waals surface area contributed by atoms with E-state index >= 15 is 0 Å². The second-order valence-electron chi connectivity index (χ2n) is 3.12. The third-order valence-corrected chi connectivity index (χ3v) is 2.86. The molecule has 3 heteroatoms. The van der Waals surface area contributed by atoms with E-state index in [9.17, 15) is 0 Å². The molecule has 1 aromatic carbocycles. The lowest BCUT2D eigenvalue weighted by Crippen LogP contribution is -1.91. The van der Waals surface area contributed by atoms with Crippen LogP contribution in [0.25, 0.3) is 11.3 Å². The second kappa shape index (κ2) is 3.50. The molecular formula is C11H10BrNO. The van der Waals surface area contributed by atoms with Crippen LogP contribution in [-0.2, 0) is 0 Å². The number of halogens is 1. The van der Waals surface area contributed by atoms with Gasteiger partial charge in [-0.3, -0.25) is 0 Å². The standard InChI is InChI=1S/C11H10BrNO/c1-7-8(3-2-4-10(7)13)11-9(12)5-6-14-11/h2-6H,13H2,1H3. The molecule has 2 nitrogen and oxygen atoms in total. The molecule has 1 aromatic heterocycles. The molecule has 0 saturated heterocycles. The van der Waals surface area contributed by atoms with Crippen molar-refractivity contribution in [3.05, 3.63) is 40.6 Å². The van der Waals surface area contributed by atoms with Crippen LogP contribution in [-0.4, -0.2) is 0 Å². The highest BCUT2D eigenvalue weighted by Gasteiger charge is 2.10. The Morgan fingerprint density at radius 3 is 2.71 bits per heavy atom. The number of benzene rings is 1. The number of nitrogen functional groups attached to an aromatic ring is 1. The van der Waals surface area contributed by atoms with Gasteiger partial charge in [-0.2, -0.15) is 0 Å². The number of hydrogen-bond acceptors (Lipinski definition) is 2. The molecule has 0 saturated carbocycles. The van der Waals surface area contributed by atoms with Crippen LogP contribution in [0.2, 0.25) is 0 Å². The zero-order valence-electron chi connectivity index (χ0n) is 7.75. The molecule has 14 heavy (non-hydrogen) atoms. The van der Waals surface area contributed by atoms with Crippen LogP contribution in [0.15, 0.2) is 39.4 Å². The Hall–Kier alpha value is -1.22. The van der Waals surface area contributed by atoms with E-state index < -0.39 is 0 Å². The average molecular weight is 252 g/mol. The van der Waals surface area contributed by atoms with Crippen LogP contribution >= 0.6 is 15.9 Å². The topological polar surface area (TPSA) is 39.2 Å². The average Bonchev–Trinajstić information content (AvgIpc) is 2.57. The number of hydrogen-bond donors (Lipinski definition) is 1. The molecule has 0 amide bonds. The van der Waals surface area contributed by atoms with Gasteiger partial charge in [0.05, 0.1) is 10.7 Å². The quantitative estimate of drug-likeness (QED) is 0.787. The van der Waals surface area contributed by atoms with Gasteiger partial charge >= 0.3 is 0 Å². The summed E-state index contributed by atoms with van der Waals surface area (Å²) in [6, 6.07) is 7.68. The maximum absolute atomic E-state index is 5.82. The monoisotopic (exact) mass is 251 g/mol. The number of rotatable bonds is 1. The van der Waals surface area contributed by atoms with E-state index in [4.69, 9.17) is 10.2 Å². The van der Waals surface area contributed by atoms with Gasteiger partial charge in [-0.15, -0.1) is 0 Å². The second-order valence-corrected chi connectivity index (χ2v) is 3.97. The van der Waals surface area contributed by atoms with Crippen LogP contribution < -0.4 is 5.73 Å². The Balaban J connectivity index is 2.63. The molecular weight excluding hydrogens is 242 g/mol. The van der Waals surface area contributed by atoms with Gasteiger partial charge in [0.1, 0.15) is 5.76 Å². The minimum Gasteiger partial charge on any atom is -0.463 e. The lowest BCUT2D eigenvalue weighted by molar-refractivity contribution is 0.581. The van der Waals surface area contributed by atoms with Crippen molar-refractivity contribution in [2.24, 2.45) is 0 Å². The first-order chi connectivity index (χ1) is 6.70. The Morgan fingerprint density at radius 2 is 2.07 bits per heavy atom. The summed E-state index contributed by atoms with van der Waals surface area (Å²) in [5, 5.41) is 0. The van der Waals surface area contributed by atoms with Crippen molar-refractivity contribution in [1.82, 2.24) is 0 Å². The maximum Gasteiger partial charge on any atom is 0.148 e. The van der Waals surface area contributed by atoms with Gasteiger partial charge in [-0.25, -0.2) is 0 Å². The zero-order valence-corrected chi connectivity index (χ0v) is 9.34. The highest BCUT2D eigenvalue weighted by atomic mass is 79.9. The first-order valence-electron chi connectivity index (χ1n) is 4.28. The normalized spacial score (nSPS) is 10.4. The minimum absolute atomic E-state index is 0.783. The molecule has 0 spiro atoms. The van der Waals surface area contributed by atoms with Crippen LogP contribution in [0.4, 0.5) is 5.69 Å². The summed E-state index contributed by atoms with van der Waals surface area (Å²) in [5.74, 6) is 0.829. The Kier molecular flexibility index (Phi) is 2.33. The summed E-state index contributed by atoms with van der Waals surface area (Å²) in [4.78, 5) is 0. The summed E-state index contributed by atoms with van der Waals surface area (Å²) in [7, 11) is 0. The lowest BCUT2D eigenvalue weighted by atomic mass is 10.1. The summed E-state index contributed by atoms with van der Waals surface area (Å²) in [6.45, 7) is 1.99. The molecule has 0 bridgehead atoms. The van der Waals surface area contributed by atoms with Crippen molar-refractivity contribution < 1.29 is 4.42 Å². The number of anilines is 1. The van der Waals surface area contributed by atoms with E-state index in [1.807, 2.05) is 31.2 Å². The van der Waals surface area contributed by atoms with Crippen molar-refractivity contribution in [3.63, 3.8) is 0 Å². The zero-order chi connectivity index (χ0) is 10.1. The first-order valence-corrected chi connectivity index (χ1v) is 5.08. The van der Waals surface area contributed by atoms with Gasteiger partial charge in [0, 0.05) is 11.3 Å².